The molecule has 1 amide bonds. The number of hydrogen-bond donors (Lipinski definition) is 2. The maximum absolute atomic E-state index is 10.5. The molecular formula is C4H9N2Na2O4PS. The van der Waals surface area contributed by atoms with Crippen LogP contribution in [0.2, 0.25) is 0 Å². The Morgan fingerprint density at radius 1 is 1.43 bits per heavy atom. The molecule has 0 atom stereocenters. The summed E-state index contributed by atoms with van der Waals surface area (Å²) < 4.78 is 10.0. The number of carbonyl (C=O) groups is 1. The molecule has 0 aromatic carbocycles. The Labute approximate surface area is 131 Å². The predicted octanol–water partition coefficient (Wildman–Crippen LogP) is -8.37. The van der Waals surface area contributed by atoms with Gasteiger partial charge in [0.1, 0.15) is 0 Å². The summed E-state index contributed by atoms with van der Waals surface area (Å²) in [5, 5.41) is 2.32. The molecule has 14 heavy (non-hydrogen) atoms. The summed E-state index contributed by atoms with van der Waals surface area (Å²) >= 11 is 0.275. The van der Waals surface area contributed by atoms with E-state index in [1.54, 1.807) is 0 Å². The Balaban J connectivity index is -0.000000605. The Hall–Kier alpha value is 1.93. The fourth-order valence-corrected chi connectivity index (χ4v) is 1.78. The molecule has 0 radical (unpaired) electrons. The molecule has 0 fully saturated rings. The van der Waals surface area contributed by atoms with Gasteiger partial charge in [0.2, 0.25) is 5.91 Å². The zero-order chi connectivity index (χ0) is 9.61. The zero-order valence-electron chi connectivity index (χ0n) is 8.19. The first-order valence-electron chi connectivity index (χ1n) is 3.09. The van der Waals surface area contributed by atoms with E-state index in [0.717, 1.165) is 0 Å². The number of nitrogens with one attached hydrogen (secondary N) is 1. The van der Waals surface area contributed by atoms with Crippen molar-refractivity contribution in [2.75, 3.05) is 18.8 Å². The van der Waals surface area contributed by atoms with E-state index in [4.69, 9.17) is 5.73 Å². The molecule has 0 aliphatic heterocycles. The third-order valence-electron chi connectivity index (χ3n) is 0.859. The molecule has 0 aliphatic rings. The molecule has 0 unspecified atom stereocenters. The Morgan fingerprint density at radius 2 is 1.93 bits per heavy atom. The summed E-state index contributed by atoms with van der Waals surface area (Å²) in [6.45, 7) is -4.51. The van der Waals surface area contributed by atoms with Crippen LogP contribution in [-0.4, -0.2) is 24.7 Å². The van der Waals surface area contributed by atoms with Crippen molar-refractivity contribution in [3.8, 4) is 0 Å². The van der Waals surface area contributed by atoms with Crippen molar-refractivity contribution in [1.29, 1.82) is 0 Å². The van der Waals surface area contributed by atoms with Gasteiger partial charge in [0.15, 0.2) is 0 Å². The number of hydrogen-bond acceptors (Lipinski definition) is 6. The van der Waals surface area contributed by atoms with E-state index in [1.807, 2.05) is 0 Å². The van der Waals surface area contributed by atoms with Crippen molar-refractivity contribution >= 4 is 24.1 Å². The second kappa shape index (κ2) is 11.4. The normalized spacial score (nSPS) is 9.64. The van der Waals surface area contributed by atoms with Gasteiger partial charge in [-0.2, -0.15) is 0 Å². The quantitative estimate of drug-likeness (QED) is 0.287. The molecule has 0 aliphatic carbocycles. The van der Waals surface area contributed by atoms with E-state index in [2.05, 4.69) is 5.32 Å². The number of carbonyl (C=O) groups excluding carboxylic acids is 1. The molecule has 3 N–H and O–H groups in total. The first-order valence-corrected chi connectivity index (χ1v) is 6.22. The van der Waals surface area contributed by atoms with E-state index in [9.17, 15) is 19.1 Å². The molecule has 0 aromatic rings. The van der Waals surface area contributed by atoms with E-state index in [1.165, 1.54) is 0 Å². The predicted molar refractivity (Wildman–Crippen MR) is 42.1 cm³/mol. The standard InChI is InChI=1S/C4H11N2O4PS.2Na/c5-3-4(7)6-1-2-12-11(8,9)10;;/h1-3,5H2,(H,6,7)(H2,8,9,10);;/q;2*+1/p-2. The van der Waals surface area contributed by atoms with Crippen molar-refractivity contribution in [2.24, 2.45) is 5.73 Å². The van der Waals surface area contributed by atoms with E-state index in [0.29, 0.717) is 0 Å². The minimum Gasteiger partial charge on any atom is -0.803 e. The molecule has 0 saturated carbocycles. The van der Waals surface area contributed by atoms with Gasteiger partial charge in [-0.05, 0) is 6.80 Å². The summed E-state index contributed by atoms with van der Waals surface area (Å²) in [7, 11) is 0. The fraction of sp³-hybridized carbons (Fsp3) is 0.750. The summed E-state index contributed by atoms with van der Waals surface area (Å²) in [5.74, 6) is -0.321. The topological polar surface area (TPSA) is 118 Å². The number of rotatable bonds is 5. The first kappa shape index (κ1) is 21.2. The number of amides is 1. The van der Waals surface area contributed by atoms with Crippen LogP contribution in [0.5, 0.6) is 0 Å². The molecular weight excluding hydrogens is 249 g/mol. The van der Waals surface area contributed by atoms with Crippen LogP contribution < -0.4 is 80.0 Å². The fourth-order valence-electron chi connectivity index (χ4n) is 0.420. The van der Waals surface area contributed by atoms with Crippen LogP contribution in [0.4, 0.5) is 0 Å². The molecule has 0 spiro atoms. The maximum Gasteiger partial charge on any atom is 1.00 e. The Bertz CT molecular complexity index is 202. The molecule has 0 rings (SSSR count). The smallest absolute Gasteiger partial charge is 0.803 e. The van der Waals surface area contributed by atoms with Crippen LogP contribution in [0, 0.1) is 0 Å². The molecule has 0 aromatic heterocycles. The molecule has 6 nitrogen and oxygen atoms in total. The largest absolute Gasteiger partial charge is 1.00 e. The Kier molecular flexibility index (Phi) is 17.3. The van der Waals surface area contributed by atoms with Gasteiger partial charge in [-0.1, -0.05) is 0 Å². The van der Waals surface area contributed by atoms with Crippen molar-refractivity contribution < 1.29 is 78.3 Å². The average Bonchev–Trinajstić information content (AvgIpc) is 1.96. The minimum atomic E-state index is -4.50. The SMILES string of the molecule is NCC(=O)NCCSP(=O)([O-])[O-].[Na+].[Na+]. The van der Waals surface area contributed by atoms with Gasteiger partial charge < -0.3 is 25.4 Å². The van der Waals surface area contributed by atoms with E-state index >= 15 is 0 Å². The van der Waals surface area contributed by atoms with Crippen LogP contribution in [0.25, 0.3) is 0 Å². The van der Waals surface area contributed by atoms with Gasteiger partial charge >= 0.3 is 59.1 Å². The monoisotopic (exact) mass is 258 g/mol. The molecule has 0 bridgehead atoms. The van der Waals surface area contributed by atoms with E-state index in [-0.39, 0.29) is 95.2 Å². The summed E-state index contributed by atoms with van der Waals surface area (Å²) in [6.07, 6.45) is 0. The second-order valence-corrected chi connectivity index (χ2v) is 5.51. The third-order valence-corrected chi connectivity index (χ3v) is 3.06. The minimum absolute atomic E-state index is 0. The summed E-state index contributed by atoms with van der Waals surface area (Å²) in [4.78, 5) is 30.6. The van der Waals surface area contributed by atoms with Crippen molar-refractivity contribution in [3.05, 3.63) is 0 Å². The maximum atomic E-state index is 10.5. The summed E-state index contributed by atoms with van der Waals surface area (Å²) in [6, 6.07) is 0. The molecule has 10 heteroatoms. The van der Waals surface area contributed by atoms with Crippen LogP contribution in [0.3, 0.4) is 0 Å². The van der Waals surface area contributed by atoms with Crippen LogP contribution in [0.1, 0.15) is 0 Å². The Morgan fingerprint density at radius 3 is 2.29 bits per heavy atom. The van der Waals surface area contributed by atoms with E-state index < -0.39 is 6.80 Å². The first-order chi connectivity index (χ1) is 5.45. The van der Waals surface area contributed by atoms with Crippen LogP contribution in [-0.2, 0) is 9.36 Å². The summed E-state index contributed by atoms with van der Waals surface area (Å²) in [5.41, 5.74) is 4.94. The molecule has 72 valence electrons. The average molecular weight is 258 g/mol. The van der Waals surface area contributed by atoms with Gasteiger partial charge in [0.05, 0.1) is 6.54 Å². The van der Waals surface area contributed by atoms with Crippen LogP contribution in [0.15, 0.2) is 0 Å². The van der Waals surface area contributed by atoms with Gasteiger partial charge in [0.25, 0.3) is 0 Å². The van der Waals surface area contributed by atoms with Crippen molar-refractivity contribution in [3.63, 3.8) is 0 Å². The van der Waals surface area contributed by atoms with Crippen molar-refractivity contribution in [1.82, 2.24) is 5.32 Å². The van der Waals surface area contributed by atoms with Gasteiger partial charge in [-0.3, -0.25) is 4.79 Å². The van der Waals surface area contributed by atoms with Crippen LogP contribution >= 0.6 is 18.2 Å². The second-order valence-electron chi connectivity index (χ2n) is 1.83. The van der Waals surface area contributed by atoms with Gasteiger partial charge in [-0.25, -0.2) is 0 Å². The third kappa shape index (κ3) is 16.4. The van der Waals surface area contributed by atoms with Gasteiger partial charge in [0, 0.05) is 12.3 Å². The zero-order valence-corrected chi connectivity index (χ0v) is 13.9. The molecule has 0 heterocycles. The van der Waals surface area contributed by atoms with Crippen molar-refractivity contribution in [2.45, 2.75) is 0 Å². The van der Waals surface area contributed by atoms with Gasteiger partial charge in [-0.15, -0.1) is 11.4 Å². The molecule has 0 saturated heterocycles. The number of nitrogens with two attached hydrogens (primary N) is 1.